The molecule has 1 aliphatic rings. The van der Waals surface area contributed by atoms with Gasteiger partial charge in [0.2, 0.25) is 5.91 Å². The number of unbranched alkanes of at least 4 members (excludes halogenated alkanes) is 1. The summed E-state index contributed by atoms with van der Waals surface area (Å²) < 4.78 is 0. The number of carbonyl (C=O) groups excluding carboxylic acids is 1. The summed E-state index contributed by atoms with van der Waals surface area (Å²) in [5.74, 6) is 1.87. The van der Waals surface area contributed by atoms with Gasteiger partial charge >= 0.3 is 0 Å². The van der Waals surface area contributed by atoms with Crippen LogP contribution >= 0.6 is 24.0 Å². The van der Waals surface area contributed by atoms with Crippen LogP contribution in [0.25, 0.3) is 0 Å². The van der Waals surface area contributed by atoms with E-state index < -0.39 is 0 Å². The molecular weight excluding hydrogens is 453 g/mol. The van der Waals surface area contributed by atoms with Crippen molar-refractivity contribution in [3.05, 3.63) is 0 Å². The molecule has 1 fully saturated rings. The summed E-state index contributed by atoms with van der Waals surface area (Å²) in [7, 11) is 0. The zero-order valence-electron chi connectivity index (χ0n) is 17.9. The van der Waals surface area contributed by atoms with Gasteiger partial charge in [-0.15, -0.1) is 24.0 Å². The van der Waals surface area contributed by atoms with Gasteiger partial charge in [0.1, 0.15) is 0 Å². The lowest BCUT2D eigenvalue weighted by Crippen LogP contribution is -2.50. The zero-order chi connectivity index (χ0) is 19.2. The van der Waals surface area contributed by atoms with Gasteiger partial charge in [0.05, 0.1) is 6.54 Å². The van der Waals surface area contributed by atoms with E-state index in [1.807, 2.05) is 0 Å². The molecule has 6 nitrogen and oxygen atoms in total. The van der Waals surface area contributed by atoms with Crippen LogP contribution in [0.3, 0.4) is 0 Å². The maximum absolute atomic E-state index is 11.8. The van der Waals surface area contributed by atoms with Crippen molar-refractivity contribution in [2.75, 3.05) is 39.3 Å². The topological polar surface area (TPSA) is 68.8 Å². The van der Waals surface area contributed by atoms with E-state index in [1.54, 1.807) is 0 Å². The third kappa shape index (κ3) is 13.3. The van der Waals surface area contributed by atoms with Gasteiger partial charge in [0, 0.05) is 38.8 Å². The van der Waals surface area contributed by atoms with Crippen LogP contribution in [0.15, 0.2) is 4.99 Å². The van der Waals surface area contributed by atoms with Gasteiger partial charge in [-0.3, -0.25) is 14.7 Å². The lowest BCUT2D eigenvalue weighted by atomic mass is 10.1. The highest BCUT2D eigenvalue weighted by atomic mass is 127. The highest BCUT2D eigenvalue weighted by molar-refractivity contribution is 14.0. The molecule has 0 aromatic heterocycles. The average molecular weight is 495 g/mol. The molecule has 27 heavy (non-hydrogen) atoms. The highest BCUT2D eigenvalue weighted by Crippen LogP contribution is 2.10. The summed E-state index contributed by atoms with van der Waals surface area (Å²) in [6.07, 6.45) is 6.78. The molecule has 0 aromatic carbocycles. The van der Waals surface area contributed by atoms with Gasteiger partial charge in [-0.1, -0.05) is 33.6 Å². The first-order chi connectivity index (χ1) is 12.5. The SMILES string of the molecule is CCCNC(=O)CN1CCC(NC(=NCCCCC(C)C)NCC)CC1.I. The smallest absolute Gasteiger partial charge is 0.234 e. The number of guanidine groups is 1. The number of rotatable bonds is 11. The number of hydrogen-bond donors (Lipinski definition) is 3. The molecule has 0 bridgehead atoms. The number of halogens is 1. The maximum atomic E-state index is 11.8. The van der Waals surface area contributed by atoms with Gasteiger partial charge < -0.3 is 16.0 Å². The van der Waals surface area contributed by atoms with Crippen molar-refractivity contribution in [1.82, 2.24) is 20.9 Å². The molecule has 3 N–H and O–H groups in total. The van der Waals surface area contributed by atoms with Crippen molar-refractivity contribution in [2.24, 2.45) is 10.9 Å². The Morgan fingerprint density at radius 1 is 1.15 bits per heavy atom. The third-order valence-corrected chi connectivity index (χ3v) is 4.67. The molecule has 1 amide bonds. The van der Waals surface area contributed by atoms with E-state index in [0.717, 1.165) is 70.3 Å². The Labute approximate surface area is 183 Å². The van der Waals surface area contributed by atoms with Crippen LogP contribution in [-0.4, -0.2) is 62.1 Å². The lowest BCUT2D eigenvalue weighted by molar-refractivity contribution is -0.122. The summed E-state index contributed by atoms with van der Waals surface area (Å²) in [5.41, 5.74) is 0. The Bertz CT molecular complexity index is 409. The molecule has 7 heteroatoms. The van der Waals surface area contributed by atoms with Gasteiger partial charge in [-0.05, 0) is 38.5 Å². The fourth-order valence-electron chi connectivity index (χ4n) is 3.13. The van der Waals surface area contributed by atoms with E-state index in [-0.39, 0.29) is 29.9 Å². The van der Waals surface area contributed by atoms with E-state index in [4.69, 9.17) is 4.99 Å². The molecule has 0 aliphatic carbocycles. The second kappa shape index (κ2) is 16.4. The normalized spacial score (nSPS) is 16.1. The van der Waals surface area contributed by atoms with E-state index in [2.05, 4.69) is 48.5 Å². The van der Waals surface area contributed by atoms with E-state index in [0.29, 0.717) is 12.6 Å². The summed E-state index contributed by atoms with van der Waals surface area (Å²) >= 11 is 0. The van der Waals surface area contributed by atoms with Crippen LogP contribution in [0.5, 0.6) is 0 Å². The molecule has 0 radical (unpaired) electrons. The van der Waals surface area contributed by atoms with E-state index in [1.165, 1.54) is 12.8 Å². The van der Waals surface area contributed by atoms with Crippen molar-refractivity contribution >= 4 is 35.8 Å². The monoisotopic (exact) mass is 495 g/mol. The van der Waals surface area contributed by atoms with Crippen molar-refractivity contribution in [1.29, 1.82) is 0 Å². The van der Waals surface area contributed by atoms with Gasteiger partial charge in [-0.25, -0.2) is 0 Å². The number of hydrogen-bond acceptors (Lipinski definition) is 3. The Kier molecular flexibility index (Phi) is 16.0. The molecule has 0 spiro atoms. The number of carbonyl (C=O) groups is 1. The van der Waals surface area contributed by atoms with Crippen LogP contribution in [-0.2, 0) is 4.79 Å². The van der Waals surface area contributed by atoms with Crippen molar-refractivity contribution in [3.63, 3.8) is 0 Å². The Balaban J connectivity index is 0.00000676. The number of amides is 1. The van der Waals surface area contributed by atoms with Crippen LogP contribution in [0.4, 0.5) is 0 Å². The first-order valence-corrected chi connectivity index (χ1v) is 10.6. The largest absolute Gasteiger partial charge is 0.357 e. The second-order valence-electron chi connectivity index (χ2n) is 7.69. The molecule has 0 aromatic rings. The molecule has 1 rings (SSSR count). The predicted octanol–water partition coefficient (Wildman–Crippen LogP) is 2.98. The van der Waals surface area contributed by atoms with Crippen LogP contribution in [0.1, 0.15) is 66.2 Å². The summed E-state index contributed by atoms with van der Waals surface area (Å²) in [6.45, 7) is 13.7. The molecule has 1 heterocycles. The first kappa shape index (κ1) is 26.4. The fraction of sp³-hybridized carbons (Fsp3) is 0.900. The van der Waals surface area contributed by atoms with Crippen LogP contribution in [0, 0.1) is 5.92 Å². The number of piperidine rings is 1. The number of likely N-dealkylation sites (tertiary alicyclic amines) is 1. The molecular formula is C20H42IN5O. The third-order valence-electron chi connectivity index (χ3n) is 4.67. The quantitative estimate of drug-likeness (QED) is 0.179. The standard InChI is InChI=1S/C20H41N5O.HI/c1-5-12-22-19(26)16-25-14-10-18(11-15-25)24-20(21-6-2)23-13-8-7-9-17(3)4;/h17-18H,5-16H2,1-4H3,(H,22,26)(H2,21,23,24);1H. The summed E-state index contributed by atoms with van der Waals surface area (Å²) in [5, 5.41) is 9.89. The summed E-state index contributed by atoms with van der Waals surface area (Å²) in [6, 6.07) is 0.443. The lowest BCUT2D eigenvalue weighted by Gasteiger charge is -2.32. The Hall–Kier alpha value is -0.570. The molecule has 160 valence electrons. The van der Waals surface area contributed by atoms with Crippen LogP contribution < -0.4 is 16.0 Å². The molecule has 1 saturated heterocycles. The maximum Gasteiger partial charge on any atom is 0.234 e. The second-order valence-corrected chi connectivity index (χ2v) is 7.69. The van der Waals surface area contributed by atoms with E-state index >= 15 is 0 Å². The number of aliphatic imine (C=N–C) groups is 1. The van der Waals surface area contributed by atoms with Gasteiger partial charge in [-0.2, -0.15) is 0 Å². The minimum atomic E-state index is 0. The molecule has 0 saturated carbocycles. The summed E-state index contributed by atoms with van der Waals surface area (Å²) in [4.78, 5) is 18.8. The van der Waals surface area contributed by atoms with Crippen molar-refractivity contribution < 1.29 is 4.79 Å². The van der Waals surface area contributed by atoms with E-state index in [9.17, 15) is 4.79 Å². The Morgan fingerprint density at radius 2 is 1.85 bits per heavy atom. The van der Waals surface area contributed by atoms with Gasteiger partial charge in [0.25, 0.3) is 0 Å². The van der Waals surface area contributed by atoms with Crippen LogP contribution in [0.2, 0.25) is 0 Å². The predicted molar refractivity (Wildman–Crippen MR) is 126 cm³/mol. The molecule has 0 atom stereocenters. The van der Waals surface area contributed by atoms with Crippen molar-refractivity contribution in [3.8, 4) is 0 Å². The minimum Gasteiger partial charge on any atom is -0.357 e. The zero-order valence-corrected chi connectivity index (χ0v) is 20.2. The number of nitrogens with zero attached hydrogens (tertiary/aromatic N) is 2. The first-order valence-electron chi connectivity index (χ1n) is 10.6. The fourth-order valence-corrected chi connectivity index (χ4v) is 3.13. The average Bonchev–Trinajstić information content (AvgIpc) is 2.61. The Morgan fingerprint density at radius 3 is 2.44 bits per heavy atom. The van der Waals surface area contributed by atoms with Crippen molar-refractivity contribution in [2.45, 2.75) is 72.3 Å². The minimum absolute atomic E-state index is 0. The number of nitrogens with one attached hydrogen (secondary N) is 3. The highest BCUT2D eigenvalue weighted by Gasteiger charge is 2.21. The van der Waals surface area contributed by atoms with Gasteiger partial charge in [0.15, 0.2) is 5.96 Å². The molecule has 0 unspecified atom stereocenters. The molecule has 1 aliphatic heterocycles.